The van der Waals surface area contributed by atoms with Gasteiger partial charge in [-0.15, -0.1) is 10.2 Å². The number of amides is 1. The van der Waals surface area contributed by atoms with Crippen LogP contribution in [0.15, 0.2) is 60.9 Å². The number of ether oxygens (including phenoxy) is 1. The van der Waals surface area contributed by atoms with Crippen LogP contribution in [0, 0.1) is 6.92 Å². The van der Waals surface area contributed by atoms with Gasteiger partial charge in [0.15, 0.2) is 5.82 Å². The molecular weight excluding hydrogens is 342 g/mol. The second kappa shape index (κ2) is 6.87. The number of rotatable bonds is 4. The van der Waals surface area contributed by atoms with Gasteiger partial charge in [-0.25, -0.2) is 4.98 Å². The van der Waals surface area contributed by atoms with Crippen LogP contribution in [-0.2, 0) is 0 Å². The third kappa shape index (κ3) is 3.22. The van der Waals surface area contributed by atoms with E-state index >= 15 is 0 Å². The highest BCUT2D eigenvalue weighted by atomic mass is 16.5. The van der Waals surface area contributed by atoms with E-state index in [0.717, 1.165) is 11.1 Å². The minimum Gasteiger partial charge on any atom is -0.495 e. The summed E-state index contributed by atoms with van der Waals surface area (Å²) >= 11 is 0. The molecule has 1 N–H and O–H groups in total. The Kier molecular flexibility index (Phi) is 4.25. The molecule has 0 radical (unpaired) electrons. The standard InChI is InChI=1S/C20H17N5O2/c1-13-4-9-17(27-2)16(12-13)22-19(26)15-7-5-14(6-8-15)18-23-24-20-21-10-3-11-25(18)20/h3-12H,1-2H3,(H,22,26). The van der Waals surface area contributed by atoms with E-state index in [-0.39, 0.29) is 5.91 Å². The molecule has 0 atom stereocenters. The Morgan fingerprint density at radius 2 is 1.93 bits per heavy atom. The van der Waals surface area contributed by atoms with Crippen molar-refractivity contribution >= 4 is 17.4 Å². The molecule has 134 valence electrons. The fraction of sp³-hybridized carbons (Fsp3) is 0.100. The van der Waals surface area contributed by atoms with Crippen molar-refractivity contribution in [1.82, 2.24) is 19.6 Å². The number of fused-ring (bicyclic) bond motifs is 1. The Morgan fingerprint density at radius 1 is 1.11 bits per heavy atom. The molecule has 7 heteroatoms. The summed E-state index contributed by atoms with van der Waals surface area (Å²) in [5, 5.41) is 11.1. The smallest absolute Gasteiger partial charge is 0.255 e. The van der Waals surface area contributed by atoms with Gasteiger partial charge in [0.05, 0.1) is 12.8 Å². The van der Waals surface area contributed by atoms with Crippen molar-refractivity contribution < 1.29 is 9.53 Å². The van der Waals surface area contributed by atoms with Gasteiger partial charge in [0, 0.05) is 23.5 Å². The lowest BCUT2D eigenvalue weighted by Gasteiger charge is -2.11. The van der Waals surface area contributed by atoms with Crippen molar-refractivity contribution in [2.75, 3.05) is 12.4 Å². The normalized spacial score (nSPS) is 10.7. The molecule has 7 nitrogen and oxygen atoms in total. The van der Waals surface area contributed by atoms with E-state index in [0.29, 0.717) is 28.6 Å². The van der Waals surface area contributed by atoms with Crippen LogP contribution in [0.5, 0.6) is 5.75 Å². The summed E-state index contributed by atoms with van der Waals surface area (Å²) in [7, 11) is 1.58. The first-order valence-electron chi connectivity index (χ1n) is 8.38. The lowest BCUT2D eigenvalue weighted by molar-refractivity contribution is 0.102. The molecule has 4 rings (SSSR count). The summed E-state index contributed by atoms with van der Waals surface area (Å²) < 4.78 is 7.11. The van der Waals surface area contributed by atoms with Gasteiger partial charge in [-0.2, -0.15) is 0 Å². The highest BCUT2D eigenvalue weighted by Gasteiger charge is 2.12. The van der Waals surface area contributed by atoms with Crippen LogP contribution in [0.4, 0.5) is 5.69 Å². The highest BCUT2D eigenvalue weighted by molar-refractivity contribution is 6.05. The van der Waals surface area contributed by atoms with Crippen molar-refractivity contribution in [3.8, 4) is 17.1 Å². The monoisotopic (exact) mass is 359 g/mol. The molecule has 0 aliphatic heterocycles. The molecule has 0 bridgehead atoms. The molecule has 0 unspecified atom stereocenters. The Morgan fingerprint density at radius 3 is 2.70 bits per heavy atom. The largest absolute Gasteiger partial charge is 0.495 e. The maximum absolute atomic E-state index is 12.6. The summed E-state index contributed by atoms with van der Waals surface area (Å²) in [5.74, 6) is 1.61. The zero-order chi connectivity index (χ0) is 18.8. The van der Waals surface area contributed by atoms with Gasteiger partial charge in [-0.05, 0) is 42.8 Å². The van der Waals surface area contributed by atoms with Crippen LogP contribution in [0.25, 0.3) is 17.2 Å². The lowest BCUT2D eigenvalue weighted by Crippen LogP contribution is -2.12. The highest BCUT2D eigenvalue weighted by Crippen LogP contribution is 2.26. The summed E-state index contributed by atoms with van der Waals surface area (Å²) in [5.41, 5.74) is 3.06. The summed E-state index contributed by atoms with van der Waals surface area (Å²) in [4.78, 5) is 16.8. The average Bonchev–Trinajstić information content (AvgIpc) is 3.12. The molecule has 0 spiro atoms. The summed E-state index contributed by atoms with van der Waals surface area (Å²) in [6.07, 6.45) is 3.52. The average molecular weight is 359 g/mol. The van der Waals surface area contributed by atoms with Crippen molar-refractivity contribution in [3.05, 3.63) is 72.1 Å². The van der Waals surface area contributed by atoms with Crippen LogP contribution < -0.4 is 10.1 Å². The van der Waals surface area contributed by atoms with Crippen molar-refractivity contribution in [3.63, 3.8) is 0 Å². The number of carbonyl (C=O) groups excluding carboxylic acids is 1. The molecule has 1 amide bonds. The first kappa shape index (κ1) is 16.7. The molecule has 2 aromatic carbocycles. The molecule has 0 aliphatic carbocycles. The van der Waals surface area contributed by atoms with Gasteiger partial charge >= 0.3 is 0 Å². The Bertz CT molecular complexity index is 1120. The SMILES string of the molecule is COc1ccc(C)cc1NC(=O)c1ccc(-c2nnc3ncccn23)cc1. The number of hydrogen-bond acceptors (Lipinski definition) is 5. The fourth-order valence-corrected chi connectivity index (χ4v) is 2.82. The third-order valence-electron chi connectivity index (χ3n) is 4.20. The second-order valence-electron chi connectivity index (χ2n) is 6.05. The van der Waals surface area contributed by atoms with E-state index in [2.05, 4.69) is 20.5 Å². The van der Waals surface area contributed by atoms with E-state index in [1.54, 1.807) is 29.8 Å². The molecular formula is C20H17N5O2. The maximum Gasteiger partial charge on any atom is 0.255 e. The fourth-order valence-electron chi connectivity index (χ4n) is 2.82. The zero-order valence-electron chi connectivity index (χ0n) is 14.9. The Balaban J connectivity index is 1.59. The van der Waals surface area contributed by atoms with Gasteiger partial charge in [-0.1, -0.05) is 18.2 Å². The molecule has 0 saturated carbocycles. The van der Waals surface area contributed by atoms with Crippen LogP contribution in [0.2, 0.25) is 0 Å². The van der Waals surface area contributed by atoms with Crippen LogP contribution in [0.3, 0.4) is 0 Å². The lowest BCUT2D eigenvalue weighted by atomic mass is 10.1. The number of aromatic nitrogens is 4. The number of nitrogens with zero attached hydrogens (tertiary/aromatic N) is 4. The molecule has 0 aliphatic rings. The number of methoxy groups -OCH3 is 1. The predicted molar refractivity (Wildman–Crippen MR) is 102 cm³/mol. The van der Waals surface area contributed by atoms with E-state index in [1.165, 1.54) is 0 Å². The number of nitrogens with one attached hydrogen (secondary N) is 1. The maximum atomic E-state index is 12.6. The second-order valence-corrected chi connectivity index (χ2v) is 6.05. The topological polar surface area (TPSA) is 81.4 Å². The Labute approximate surface area is 155 Å². The van der Waals surface area contributed by atoms with Crippen molar-refractivity contribution in [2.24, 2.45) is 0 Å². The predicted octanol–water partition coefficient (Wildman–Crippen LogP) is 3.36. The summed E-state index contributed by atoms with van der Waals surface area (Å²) in [6, 6.07) is 14.6. The van der Waals surface area contributed by atoms with Gasteiger partial charge in [0.1, 0.15) is 5.75 Å². The van der Waals surface area contributed by atoms with E-state index in [9.17, 15) is 4.79 Å². The van der Waals surface area contributed by atoms with Crippen LogP contribution in [0.1, 0.15) is 15.9 Å². The first-order chi connectivity index (χ1) is 13.2. The zero-order valence-corrected chi connectivity index (χ0v) is 14.9. The van der Waals surface area contributed by atoms with E-state index in [1.807, 2.05) is 49.5 Å². The minimum atomic E-state index is -0.210. The van der Waals surface area contributed by atoms with Gasteiger partial charge in [0.2, 0.25) is 0 Å². The minimum absolute atomic E-state index is 0.210. The van der Waals surface area contributed by atoms with Gasteiger partial charge < -0.3 is 10.1 Å². The molecule has 0 fully saturated rings. The number of carbonyl (C=O) groups is 1. The molecule has 27 heavy (non-hydrogen) atoms. The van der Waals surface area contributed by atoms with Crippen LogP contribution in [-0.4, -0.2) is 32.6 Å². The quantitative estimate of drug-likeness (QED) is 0.604. The van der Waals surface area contributed by atoms with Gasteiger partial charge in [0.25, 0.3) is 11.7 Å². The molecule has 2 heterocycles. The Hall–Kier alpha value is -3.74. The molecule has 0 saturated heterocycles. The third-order valence-corrected chi connectivity index (χ3v) is 4.20. The van der Waals surface area contributed by atoms with Gasteiger partial charge in [-0.3, -0.25) is 9.20 Å². The van der Waals surface area contributed by atoms with Crippen molar-refractivity contribution in [1.29, 1.82) is 0 Å². The first-order valence-corrected chi connectivity index (χ1v) is 8.38. The molecule has 4 aromatic rings. The molecule has 2 aromatic heterocycles. The number of aryl methyl sites for hydroxylation is 1. The van der Waals surface area contributed by atoms with E-state index < -0.39 is 0 Å². The van der Waals surface area contributed by atoms with Crippen LogP contribution >= 0.6 is 0 Å². The number of hydrogen-bond donors (Lipinski definition) is 1. The number of anilines is 1. The van der Waals surface area contributed by atoms with Crippen molar-refractivity contribution in [2.45, 2.75) is 6.92 Å². The number of benzene rings is 2. The summed E-state index contributed by atoms with van der Waals surface area (Å²) in [6.45, 7) is 1.96. The van der Waals surface area contributed by atoms with E-state index in [4.69, 9.17) is 4.74 Å².